The Hall–Kier alpha value is -3.64. The standard InChI is InChI=1S/C27H26ClF2N5O4S/c1-3-39-27(38)19-22(14-6-4-13(5-7-14)18-12-17(26(36)37)34-35(18)2)32-24(25-31-10-11-40-25)33-23(19)15-8-9-16(29)21(30)20(15)28/h8-14,23H,3-7H2,1-2H3,(H,32,33)(H,36,37)/t13-,14-,23?. The Morgan fingerprint density at radius 1 is 1.23 bits per heavy atom. The molecule has 1 aliphatic heterocycles. The number of ether oxygens (including phenoxy) is 1. The fourth-order valence-electron chi connectivity index (χ4n) is 5.39. The van der Waals surface area contributed by atoms with Crippen molar-refractivity contribution < 1.29 is 28.2 Å². The molecule has 5 rings (SSSR count). The van der Waals surface area contributed by atoms with Crippen LogP contribution < -0.4 is 5.32 Å². The molecule has 0 radical (unpaired) electrons. The van der Waals surface area contributed by atoms with E-state index in [1.54, 1.807) is 36.3 Å². The normalized spacial score (nSPS) is 21.1. The van der Waals surface area contributed by atoms with Crippen LogP contribution >= 0.6 is 22.9 Å². The molecule has 1 aliphatic carbocycles. The molecule has 210 valence electrons. The maximum absolute atomic E-state index is 14.6. The number of nitrogens with one attached hydrogen (secondary N) is 1. The van der Waals surface area contributed by atoms with Crippen molar-refractivity contribution in [2.75, 3.05) is 6.61 Å². The van der Waals surface area contributed by atoms with E-state index in [1.807, 2.05) is 0 Å². The molecule has 1 aromatic carbocycles. The van der Waals surface area contributed by atoms with E-state index in [-0.39, 0.29) is 35.3 Å². The van der Waals surface area contributed by atoms with Gasteiger partial charge in [0.25, 0.3) is 0 Å². The van der Waals surface area contributed by atoms with Crippen molar-refractivity contribution in [3.63, 3.8) is 0 Å². The number of aromatic carboxylic acids is 1. The van der Waals surface area contributed by atoms with E-state index >= 15 is 0 Å². The highest BCUT2D eigenvalue weighted by atomic mass is 35.5. The average molecular weight is 590 g/mol. The molecule has 0 bridgehead atoms. The Morgan fingerprint density at radius 2 is 1.95 bits per heavy atom. The molecule has 1 fully saturated rings. The molecule has 1 unspecified atom stereocenters. The fraction of sp³-hybridized carbons (Fsp3) is 0.370. The van der Waals surface area contributed by atoms with Crippen LogP contribution in [0.3, 0.4) is 0 Å². The van der Waals surface area contributed by atoms with Crippen molar-refractivity contribution in [2.45, 2.75) is 44.6 Å². The molecule has 0 spiro atoms. The number of esters is 1. The number of hydrogen-bond acceptors (Lipinski definition) is 8. The van der Waals surface area contributed by atoms with Gasteiger partial charge in [0.05, 0.1) is 17.2 Å². The second kappa shape index (κ2) is 11.5. The minimum absolute atomic E-state index is 0.00331. The minimum atomic E-state index is -1.22. The van der Waals surface area contributed by atoms with Gasteiger partial charge in [-0.1, -0.05) is 17.7 Å². The molecular weight excluding hydrogens is 564 g/mol. The van der Waals surface area contributed by atoms with Crippen LogP contribution in [0, 0.1) is 17.6 Å². The van der Waals surface area contributed by atoms with Gasteiger partial charge in [0.1, 0.15) is 6.04 Å². The first kappa shape index (κ1) is 27.9. The van der Waals surface area contributed by atoms with Gasteiger partial charge in [-0.2, -0.15) is 5.10 Å². The van der Waals surface area contributed by atoms with Crippen LogP contribution in [0.15, 0.2) is 46.0 Å². The van der Waals surface area contributed by atoms with Gasteiger partial charge in [0.2, 0.25) is 0 Å². The largest absolute Gasteiger partial charge is 0.476 e. The van der Waals surface area contributed by atoms with Gasteiger partial charge in [0.15, 0.2) is 28.2 Å². The first-order chi connectivity index (χ1) is 19.2. The van der Waals surface area contributed by atoms with Gasteiger partial charge >= 0.3 is 11.9 Å². The topological polar surface area (TPSA) is 119 Å². The number of carbonyl (C=O) groups is 2. The van der Waals surface area contributed by atoms with Crippen LogP contribution in [0.1, 0.15) is 71.3 Å². The van der Waals surface area contributed by atoms with E-state index < -0.39 is 34.6 Å². The summed E-state index contributed by atoms with van der Waals surface area (Å²) in [5.41, 5.74) is 1.74. The van der Waals surface area contributed by atoms with Crippen molar-refractivity contribution in [1.29, 1.82) is 0 Å². The summed E-state index contributed by atoms with van der Waals surface area (Å²) in [6, 6.07) is 2.84. The second-order valence-corrected chi connectivity index (χ2v) is 10.9. The smallest absolute Gasteiger partial charge is 0.356 e. The Morgan fingerprint density at radius 3 is 2.58 bits per heavy atom. The lowest BCUT2D eigenvalue weighted by Gasteiger charge is -2.35. The lowest BCUT2D eigenvalue weighted by Crippen LogP contribution is -2.38. The Kier molecular flexibility index (Phi) is 7.99. The third-order valence-electron chi connectivity index (χ3n) is 7.25. The van der Waals surface area contributed by atoms with Crippen LogP contribution in [0.5, 0.6) is 0 Å². The summed E-state index contributed by atoms with van der Waals surface area (Å²) in [4.78, 5) is 33.9. The molecule has 0 saturated heterocycles. The number of carboxylic acids is 1. The molecule has 40 heavy (non-hydrogen) atoms. The summed E-state index contributed by atoms with van der Waals surface area (Å²) in [5.74, 6) is -3.68. The zero-order valence-corrected chi connectivity index (χ0v) is 23.2. The zero-order valence-electron chi connectivity index (χ0n) is 21.7. The van der Waals surface area contributed by atoms with Crippen LogP contribution in [0.4, 0.5) is 8.78 Å². The number of amidine groups is 1. The van der Waals surface area contributed by atoms with E-state index in [0.717, 1.165) is 11.8 Å². The van der Waals surface area contributed by atoms with E-state index in [4.69, 9.17) is 21.3 Å². The van der Waals surface area contributed by atoms with Crippen molar-refractivity contribution >= 4 is 40.7 Å². The van der Waals surface area contributed by atoms with Crippen LogP contribution in [-0.2, 0) is 16.6 Å². The molecule has 3 heterocycles. The van der Waals surface area contributed by atoms with Gasteiger partial charge in [-0.05, 0) is 50.7 Å². The van der Waals surface area contributed by atoms with Crippen molar-refractivity contribution in [3.05, 3.63) is 79.7 Å². The number of carboxylic acid groups (broad SMARTS) is 1. The minimum Gasteiger partial charge on any atom is -0.476 e. The number of nitrogens with zero attached hydrogens (tertiary/aromatic N) is 4. The van der Waals surface area contributed by atoms with E-state index in [2.05, 4.69) is 15.4 Å². The Balaban J connectivity index is 1.55. The third kappa shape index (κ3) is 5.25. The number of halogens is 3. The van der Waals surface area contributed by atoms with E-state index in [9.17, 15) is 23.5 Å². The number of carbonyl (C=O) groups excluding carboxylic acids is 1. The molecular formula is C27H26ClF2N5O4S. The Bertz CT molecular complexity index is 1510. The predicted octanol–water partition coefficient (Wildman–Crippen LogP) is 5.39. The van der Waals surface area contributed by atoms with E-state index in [0.29, 0.717) is 42.2 Å². The molecule has 1 saturated carbocycles. The highest BCUT2D eigenvalue weighted by Gasteiger charge is 2.39. The zero-order chi connectivity index (χ0) is 28.6. The number of allylic oxidation sites excluding steroid dienone is 1. The number of thiazole rings is 1. The second-order valence-electron chi connectivity index (χ2n) is 9.59. The molecule has 3 aromatic rings. The Labute approximate surface area is 237 Å². The third-order valence-corrected chi connectivity index (χ3v) is 8.42. The van der Waals surface area contributed by atoms with E-state index in [1.165, 1.54) is 17.4 Å². The molecule has 9 nitrogen and oxygen atoms in total. The number of aryl methyl sites for hydroxylation is 1. The summed E-state index contributed by atoms with van der Waals surface area (Å²) in [7, 11) is 1.73. The van der Waals surface area contributed by atoms with Gasteiger partial charge in [-0.3, -0.25) is 9.67 Å². The summed E-state index contributed by atoms with van der Waals surface area (Å²) in [5, 5.41) is 18.6. The number of aliphatic imine (C=N–C) groups is 1. The van der Waals surface area contributed by atoms with Gasteiger partial charge in [0, 0.05) is 41.5 Å². The molecule has 2 aliphatic rings. The molecule has 2 aromatic heterocycles. The maximum atomic E-state index is 14.6. The van der Waals surface area contributed by atoms with Crippen LogP contribution in [0.2, 0.25) is 5.02 Å². The fourth-order valence-corrected chi connectivity index (χ4v) is 6.24. The van der Waals surface area contributed by atoms with Crippen molar-refractivity contribution in [2.24, 2.45) is 18.0 Å². The maximum Gasteiger partial charge on any atom is 0.356 e. The highest BCUT2D eigenvalue weighted by molar-refractivity contribution is 7.11. The van der Waals surface area contributed by atoms with Crippen LogP contribution in [-0.4, -0.2) is 44.3 Å². The summed E-state index contributed by atoms with van der Waals surface area (Å²) >= 11 is 7.61. The first-order valence-corrected chi connectivity index (χ1v) is 14.0. The lowest BCUT2D eigenvalue weighted by atomic mass is 9.77. The van der Waals surface area contributed by atoms with Gasteiger partial charge in [-0.25, -0.2) is 23.4 Å². The van der Waals surface area contributed by atoms with Crippen molar-refractivity contribution in [1.82, 2.24) is 20.1 Å². The predicted molar refractivity (Wildman–Crippen MR) is 144 cm³/mol. The molecule has 1 atom stereocenters. The number of hydrogen-bond donors (Lipinski definition) is 2. The summed E-state index contributed by atoms with van der Waals surface area (Å²) in [6.45, 7) is 1.79. The summed E-state index contributed by atoms with van der Waals surface area (Å²) < 4.78 is 35.5. The lowest BCUT2D eigenvalue weighted by molar-refractivity contribution is -0.139. The monoisotopic (exact) mass is 589 g/mol. The summed E-state index contributed by atoms with van der Waals surface area (Å²) in [6.07, 6.45) is 4.37. The molecule has 2 N–H and O–H groups in total. The molecule has 13 heteroatoms. The first-order valence-electron chi connectivity index (χ1n) is 12.8. The molecule has 0 amide bonds. The van der Waals surface area contributed by atoms with Gasteiger partial charge in [-0.15, -0.1) is 11.3 Å². The number of benzene rings is 1. The quantitative estimate of drug-likeness (QED) is 0.280. The SMILES string of the molecule is CCOC(=O)C1=C([C@H]2CC[C@H](c3cc(C(=O)O)nn3C)CC2)NC(c2nccs2)=NC1c1ccc(F)c(F)c1Cl. The van der Waals surface area contributed by atoms with Gasteiger partial charge < -0.3 is 15.2 Å². The number of aromatic nitrogens is 3. The average Bonchev–Trinajstić information content (AvgIpc) is 3.62. The van der Waals surface area contributed by atoms with Crippen LogP contribution in [0.25, 0.3) is 0 Å². The number of rotatable bonds is 7. The highest BCUT2D eigenvalue weighted by Crippen LogP contribution is 2.44. The van der Waals surface area contributed by atoms with Crippen molar-refractivity contribution in [3.8, 4) is 0 Å².